The minimum atomic E-state index is -0.378. The zero-order valence-corrected chi connectivity index (χ0v) is 16.4. The van der Waals surface area contributed by atoms with Crippen LogP contribution in [0.2, 0.25) is 0 Å². The molecule has 0 aliphatic rings. The minimum Gasteiger partial charge on any atom is -0.486 e. The molecule has 4 rings (SSSR count). The number of thiazole rings is 1. The Hall–Kier alpha value is -3.59. The molecule has 2 heterocycles. The van der Waals surface area contributed by atoms with Gasteiger partial charge in [0.25, 0.3) is 0 Å². The molecule has 0 fully saturated rings. The van der Waals surface area contributed by atoms with Crippen molar-refractivity contribution in [2.75, 3.05) is 0 Å². The molecule has 0 bridgehead atoms. The van der Waals surface area contributed by atoms with Gasteiger partial charge < -0.3 is 9.47 Å². The Morgan fingerprint density at radius 2 is 1.83 bits per heavy atom. The average molecular weight is 407 g/mol. The van der Waals surface area contributed by atoms with Crippen LogP contribution in [0.15, 0.2) is 60.2 Å². The molecule has 0 N–H and O–H groups in total. The zero-order chi connectivity index (χ0) is 20.1. The molecule has 0 atom stereocenters. The summed E-state index contributed by atoms with van der Waals surface area (Å²) in [7, 11) is 0. The molecule has 146 valence electrons. The lowest BCUT2D eigenvalue weighted by Gasteiger charge is -2.05. The Labute approximate surface area is 170 Å². The van der Waals surface area contributed by atoms with Crippen molar-refractivity contribution in [1.82, 2.24) is 25.2 Å². The highest BCUT2D eigenvalue weighted by atomic mass is 32.1. The SMILES string of the molecule is Cc1ccc(OCc2nc(CC(=O)Oc3ccc(-n4cnnn4)cc3)cs2)cc1. The Kier molecular flexibility index (Phi) is 5.57. The topological polar surface area (TPSA) is 92.0 Å². The van der Waals surface area contributed by atoms with E-state index in [0.29, 0.717) is 18.1 Å². The van der Waals surface area contributed by atoms with Crippen molar-refractivity contribution in [2.24, 2.45) is 0 Å². The summed E-state index contributed by atoms with van der Waals surface area (Å²) in [6.07, 6.45) is 1.58. The Morgan fingerprint density at radius 3 is 2.55 bits per heavy atom. The van der Waals surface area contributed by atoms with E-state index in [4.69, 9.17) is 9.47 Å². The van der Waals surface area contributed by atoms with Crippen LogP contribution in [0.3, 0.4) is 0 Å². The smallest absolute Gasteiger partial charge is 0.317 e. The van der Waals surface area contributed by atoms with Gasteiger partial charge in [0.1, 0.15) is 29.4 Å². The molecule has 0 amide bonds. The maximum absolute atomic E-state index is 12.2. The Morgan fingerprint density at radius 1 is 1.07 bits per heavy atom. The highest BCUT2D eigenvalue weighted by Gasteiger charge is 2.11. The van der Waals surface area contributed by atoms with Gasteiger partial charge in [-0.25, -0.2) is 9.67 Å². The monoisotopic (exact) mass is 407 g/mol. The standard InChI is InChI=1S/C20H17N5O3S/c1-14-2-6-17(7-3-14)27-11-19-22-15(12-29-19)10-20(26)28-18-8-4-16(5-9-18)25-13-21-23-24-25/h2-9,12-13H,10-11H2,1H3. The normalized spacial score (nSPS) is 10.7. The van der Waals surface area contributed by atoms with Crippen LogP contribution in [0, 0.1) is 6.92 Å². The van der Waals surface area contributed by atoms with Crippen LogP contribution in [0.5, 0.6) is 11.5 Å². The molecular weight excluding hydrogens is 390 g/mol. The average Bonchev–Trinajstić information content (AvgIpc) is 3.40. The van der Waals surface area contributed by atoms with Crippen LogP contribution in [-0.4, -0.2) is 31.2 Å². The molecule has 0 aliphatic carbocycles. The molecule has 4 aromatic rings. The van der Waals surface area contributed by atoms with E-state index in [0.717, 1.165) is 16.4 Å². The molecule has 0 unspecified atom stereocenters. The lowest BCUT2D eigenvalue weighted by atomic mass is 10.2. The summed E-state index contributed by atoms with van der Waals surface area (Å²) in [5.41, 5.74) is 2.61. The van der Waals surface area contributed by atoms with Gasteiger partial charge in [-0.1, -0.05) is 17.7 Å². The summed E-state index contributed by atoms with van der Waals surface area (Å²) in [6.45, 7) is 2.39. The van der Waals surface area contributed by atoms with Gasteiger partial charge in [-0.3, -0.25) is 4.79 Å². The Balaban J connectivity index is 1.29. The lowest BCUT2D eigenvalue weighted by Crippen LogP contribution is -2.11. The van der Waals surface area contributed by atoms with Crippen LogP contribution in [0.4, 0.5) is 0 Å². The van der Waals surface area contributed by atoms with E-state index < -0.39 is 0 Å². The lowest BCUT2D eigenvalue weighted by molar-refractivity contribution is -0.133. The van der Waals surface area contributed by atoms with Crippen LogP contribution in [-0.2, 0) is 17.8 Å². The van der Waals surface area contributed by atoms with Crippen molar-refractivity contribution in [3.8, 4) is 17.2 Å². The fourth-order valence-corrected chi connectivity index (χ4v) is 3.24. The van der Waals surface area contributed by atoms with E-state index in [1.165, 1.54) is 27.9 Å². The molecule has 29 heavy (non-hydrogen) atoms. The quantitative estimate of drug-likeness (QED) is 0.343. The van der Waals surface area contributed by atoms with Gasteiger partial charge in [0.15, 0.2) is 0 Å². The van der Waals surface area contributed by atoms with Gasteiger partial charge in [-0.15, -0.1) is 16.4 Å². The van der Waals surface area contributed by atoms with Crippen LogP contribution in [0.1, 0.15) is 16.3 Å². The fraction of sp³-hybridized carbons (Fsp3) is 0.150. The predicted molar refractivity (Wildman–Crippen MR) is 106 cm³/mol. The number of nitrogens with zero attached hydrogens (tertiary/aromatic N) is 5. The zero-order valence-electron chi connectivity index (χ0n) is 15.6. The number of ether oxygens (including phenoxy) is 2. The van der Waals surface area contributed by atoms with E-state index in [1.54, 1.807) is 24.3 Å². The van der Waals surface area contributed by atoms with Crippen LogP contribution >= 0.6 is 11.3 Å². The third-order valence-corrected chi connectivity index (χ3v) is 4.86. The number of aryl methyl sites for hydroxylation is 1. The van der Waals surface area contributed by atoms with E-state index in [9.17, 15) is 4.79 Å². The first kappa shape index (κ1) is 18.8. The number of carbonyl (C=O) groups excluding carboxylic acids is 1. The number of rotatable bonds is 7. The molecule has 0 spiro atoms. The predicted octanol–water partition coefficient (Wildman–Crippen LogP) is 3.15. The van der Waals surface area contributed by atoms with Gasteiger partial charge in [0.05, 0.1) is 17.8 Å². The third kappa shape index (κ3) is 5.02. The summed E-state index contributed by atoms with van der Waals surface area (Å²) in [6, 6.07) is 14.7. The first-order valence-electron chi connectivity index (χ1n) is 8.82. The molecule has 0 saturated carbocycles. The first-order chi connectivity index (χ1) is 14.2. The van der Waals surface area contributed by atoms with Gasteiger partial charge in [0, 0.05) is 5.38 Å². The highest BCUT2D eigenvalue weighted by molar-refractivity contribution is 7.09. The van der Waals surface area contributed by atoms with Gasteiger partial charge >= 0.3 is 5.97 Å². The van der Waals surface area contributed by atoms with Crippen molar-refractivity contribution in [2.45, 2.75) is 20.0 Å². The molecule has 0 radical (unpaired) electrons. The molecule has 0 saturated heterocycles. The molecule has 2 aromatic carbocycles. The number of carbonyl (C=O) groups is 1. The minimum absolute atomic E-state index is 0.0930. The van der Waals surface area contributed by atoms with Gasteiger partial charge in [-0.05, 0) is 53.7 Å². The maximum atomic E-state index is 12.2. The van der Waals surface area contributed by atoms with E-state index >= 15 is 0 Å². The van der Waals surface area contributed by atoms with Crippen molar-refractivity contribution in [3.05, 3.63) is 76.5 Å². The highest BCUT2D eigenvalue weighted by Crippen LogP contribution is 2.18. The fourth-order valence-electron chi connectivity index (χ4n) is 2.54. The number of hydrogen-bond donors (Lipinski definition) is 0. The number of hydrogen-bond acceptors (Lipinski definition) is 8. The van der Waals surface area contributed by atoms with Gasteiger partial charge in [-0.2, -0.15) is 0 Å². The summed E-state index contributed by atoms with van der Waals surface area (Å²) in [5.74, 6) is 0.860. The van der Waals surface area contributed by atoms with Gasteiger partial charge in [0.2, 0.25) is 0 Å². The maximum Gasteiger partial charge on any atom is 0.317 e. The molecule has 0 aliphatic heterocycles. The van der Waals surface area contributed by atoms with Crippen molar-refractivity contribution in [1.29, 1.82) is 0 Å². The number of benzene rings is 2. The van der Waals surface area contributed by atoms with E-state index in [2.05, 4.69) is 20.5 Å². The van der Waals surface area contributed by atoms with Crippen LogP contribution < -0.4 is 9.47 Å². The third-order valence-electron chi connectivity index (χ3n) is 3.99. The summed E-state index contributed by atoms with van der Waals surface area (Å²) < 4.78 is 12.6. The summed E-state index contributed by atoms with van der Waals surface area (Å²) in [4.78, 5) is 16.6. The van der Waals surface area contributed by atoms with Crippen LogP contribution in [0.25, 0.3) is 5.69 Å². The second-order valence-electron chi connectivity index (χ2n) is 6.23. The largest absolute Gasteiger partial charge is 0.486 e. The van der Waals surface area contributed by atoms with E-state index in [-0.39, 0.29) is 12.4 Å². The second kappa shape index (κ2) is 8.61. The Bertz CT molecular complexity index is 1080. The molecule has 2 aromatic heterocycles. The number of tetrazole rings is 1. The molecule has 9 heteroatoms. The van der Waals surface area contributed by atoms with E-state index in [1.807, 2.05) is 36.6 Å². The molecular formula is C20H17N5O3S. The summed E-state index contributed by atoms with van der Waals surface area (Å²) in [5, 5.41) is 13.6. The number of aromatic nitrogens is 5. The van der Waals surface area contributed by atoms with Crippen molar-refractivity contribution in [3.63, 3.8) is 0 Å². The van der Waals surface area contributed by atoms with Crippen molar-refractivity contribution >= 4 is 17.3 Å². The first-order valence-corrected chi connectivity index (χ1v) is 9.70. The molecule has 8 nitrogen and oxygen atoms in total. The second-order valence-corrected chi connectivity index (χ2v) is 7.18. The number of esters is 1. The summed E-state index contributed by atoms with van der Waals surface area (Å²) >= 11 is 1.46. The van der Waals surface area contributed by atoms with Crippen molar-refractivity contribution < 1.29 is 14.3 Å².